The Balaban J connectivity index is 2.83. The number of hydrogen-bond donors (Lipinski definition) is 1. The van der Waals surface area contributed by atoms with Gasteiger partial charge < -0.3 is 5.11 Å². The lowest BCUT2D eigenvalue weighted by Crippen LogP contribution is -2.35. The molecule has 0 saturated carbocycles. The highest BCUT2D eigenvalue weighted by atomic mass is 35.5. The van der Waals surface area contributed by atoms with Crippen LogP contribution in [0.25, 0.3) is 0 Å². The van der Waals surface area contributed by atoms with Crippen molar-refractivity contribution in [3.8, 4) is 0 Å². The number of aliphatic carboxylic acids is 1. The summed E-state index contributed by atoms with van der Waals surface area (Å²) in [6.07, 6.45) is 8.51. The second-order valence-electron chi connectivity index (χ2n) is 3.22. The molecule has 1 rings (SSSR count). The van der Waals surface area contributed by atoms with Gasteiger partial charge in [0.25, 0.3) is 0 Å². The van der Waals surface area contributed by atoms with E-state index in [4.69, 9.17) is 16.7 Å². The number of carboxylic acid groups (broad SMARTS) is 1. The molecule has 0 radical (unpaired) electrons. The maximum atomic E-state index is 10.9. The van der Waals surface area contributed by atoms with Crippen LogP contribution in [-0.4, -0.2) is 16.0 Å². The Morgan fingerprint density at radius 3 is 2.77 bits per heavy atom. The Kier molecular flexibility index (Phi) is 3.15. The predicted molar refractivity (Wildman–Crippen MR) is 52.9 cm³/mol. The number of rotatable bonds is 3. The third-order valence-corrected chi connectivity index (χ3v) is 2.88. The molecule has 72 valence electrons. The molecule has 0 bridgehead atoms. The lowest BCUT2D eigenvalue weighted by Gasteiger charge is -2.29. The largest absolute Gasteiger partial charge is 0.481 e. The number of carbonyl (C=O) groups is 1. The van der Waals surface area contributed by atoms with Crippen LogP contribution in [0.5, 0.6) is 0 Å². The van der Waals surface area contributed by atoms with Crippen molar-refractivity contribution in [2.24, 2.45) is 5.92 Å². The molecule has 13 heavy (non-hydrogen) atoms. The summed E-state index contributed by atoms with van der Waals surface area (Å²) in [5, 5.41) is 8.95. The molecule has 2 nitrogen and oxygen atoms in total. The van der Waals surface area contributed by atoms with Crippen LogP contribution in [0.1, 0.15) is 19.8 Å². The standard InChI is InChI=1S/C10H13ClO2/c1-2-8(9(12)13)10(11)6-4-3-5-7-10/h3-6,8H,2,7H2,1H3,(H,12,13). The molecule has 0 aromatic heterocycles. The zero-order chi connectivity index (χ0) is 9.90. The van der Waals surface area contributed by atoms with Crippen LogP contribution in [-0.2, 0) is 4.79 Å². The quantitative estimate of drug-likeness (QED) is 0.712. The molecular weight excluding hydrogens is 188 g/mol. The minimum absolute atomic E-state index is 0.504. The number of carboxylic acids is 1. The van der Waals surface area contributed by atoms with Crippen molar-refractivity contribution in [1.29, 1.82) is 0 Å². The summed E-state index contributed by atoms with van der Waals surface area (Å²) in [6.45, 7) is 1.84. The molecule has 3 heteroatoms. The maximum absolute atomic E-state index is 10.9. The summed E-state index contributed by atoms with van der Waals surface area (Å²) in [6, 6.07) is 0. The van der Waals surface area contributed by atoms with Crippen LogP contribution < -0.4 is 0 Å². The lowest BCUT2D eigenvalue weighted by atomic mass is 9.84. The van der Waals surface area contributed by atoms with Crippen LogP contribution in [0, 0.1) is 5.92 Å². The first kappa shape index (κ1) is 10.3. The molecule has 0 aromatic rings. The molecule has 0 amide bonds. The van der Waals surface area contributed by atoms with Crippen molar-refractivity contribution >= 4 is 17.6 Å². The first-order valence-electron chi connectivity index (χ1n) is 4.36. The van der Waals surface area contributed by atoms with Gasteiger partial charge in [0, 0.05) is 0 Å². The van der Waals surface area contributed by atoms with Gasteiger partial charge in [-0.05, 0) is 12.8 Å². The number of alkyl halides is 1. The van der Waals surface area contributed by atoms with E-state index in [2.05, 4.69) is 0 Å². The van der Waals surface area contributed by atoms with E-state index < -0.39 is 16.8 Å². The zero-order valence-electron chi connectivity index (χ0n) is 7.53. The van der Waals surface area contributed by atoms with Gasteiger partial charge in [-0.1, -0.05) is 31.2 Å². The molecule has 2 unspecified atom stereocenters. The van der Waals surface area contributed by atoms with Crippen molar-refractivity contribution in [2.45, 2.75) is 24.6 Å². The van der Waals surface area contributed by atoms with E-state index in [9.17, 15) is 4.79 Å². The fourth-order valence-corrected chi connectivity index (χ4v) is 2.00. The van der Waals surface area contributed by atoms with E-state index >= 15 is 0 Å². The normalized spacial score (nSPS) is 28.8. The highest BCUT2D eigenvalue weighted by Crippen LogP contribution is 2.35. The van der Waals surface area contributed by atoms with Crippen molar-refractivity contribution < 1.29 is 9.90 Å². The second kappa shape index (κ2) is 3.97. The minimum atomic E-state index is -0.822. The molecule has 0 fully saturated rings. The third-order valence-electron chi connectivity index (χ3n) is 2.34. The van der Waals surface area contributed by atoms with E-state index in [1.165, 1.54) is 0 Å². The number of hydrogen-bond acceptors (Lipinski definition) is 1. The van der Waals surface area contributed by atoms with Gasteiger partial charge in [0.2, 0.25) is 0 Å². The molecule has 2 atom stereocenters. The summed E-state index contributed by atoms with van der Waals surface area (Å²) >= 11 is 6.22. The maximum Gasteiger partial charge on any atom is 0.308 e. The van der Waals surface area contributed by atoms with Crippen molar-refractivity contribution in [1.82, 2.24) is 0 Å². The Morgan fingerprint density at radius 2 is 2.38 bits per heavy atom. The summed E-state index contributed by atoms with van der Waals surface area (Å²) < 4.78 is 0. The van der Waals surface area contributed by atoms with Crippen LogP contribution in [0.3, 0.4) is 0 Å². The van der Waals surface area contributed by atoms with Crippen LogP contribution in [0.15, 0.2) is 24.3 Å². The molecule has 1 N–H and O–H groups in total. The highest BCUT2D eigenvalue weighted by molar-refractivity contribution is 6.26. The van der Waals surface area contributed by atoms with Crippen molar-refractivity contribution in [3.63, 3.8) is 0 Å². The van der Waals surface area contributed by atoms with Crippen LogP contribution in [0.2, 0.25) is 0 Å². The van der Waals surface area contributed by atoms with Gasteiger partial charge in [-0.2, -0.15) is 0 Å². The van der Waals surface area contributed by atoms with E-state index in [0.717, 1.165) is 0 Å². The molecule has 0 aliphatic heterocycles. The third kappa shape index (κ3) is 2.13. The molecule has 0 saturated heterocycles. The van der Waals surface area contributed by atoms with Crippen LogP contribution >= 0.6 is 11.6 Å². The van der Waals surface area contributed by atoms with Gasteiger partial charge in [-0.3, -0.25) is 4.79 Å². The van der Waals surface area contributed by atoms with E-state index in [1.807, 2.05) is 25.2 Å². The van der Waals surface area contributed by atoms with Gasteiger partial charge >= 0.3 is 5.97 Å². The summed E-state index contributed by atoms with van der Waals surface area (Å²) in [5.41, 5.74) is 0. The van der Waals surface area contributed by atoms with E-state index in [1.54, 1.807) is 6.08 Å². The molecule has 1 aliphatic carbocycles. The average molecular weight is 201 g/mol. The summed E-state index contributed by atoms with van der Waals surface area (Å²) in [7, 11) is 0. The average Bonchev–Trinajstić information content (AvgIpc) is 2.05. The second-order valence-corrected chi connectivity index (χ2v) is 3.92. The topological polar surface area (TPSA) is 37.3 Å². The monoisotopic (exact) mass is 200 g/mol. The van der Waals surface area contributed by atoms with Gasteiger partial charge in [-0.25, -0.2) is 0 Å². The van der Waals surface area contributed by atoms with E-state index in [-0.39, 0.29) is 0 Å². The molecule has 0 spiro atoms. The Hall–Kier alpha value is -0.760. The summed E-state index contributed by atoms with van der Waals surface area (Å²) in [4.78, 5) is 10.2. The van der Waals surface area contributed by atoms with Gasteiger partial charge in [0.05, 0.1) is 10.8 Å². The first-order valence-corrected chi connectivity index (χ1v) is 4.74. The Labute approximate surface area is 82.9 Å². The van der Waals surface area contributed by atoms with E-state index in [0.29, 0.717) is 12.8 Å². The van der Waals surface area contributed by atoms with Crippen LogP contribution in [0.4, 0.5) is 0 Å². The fraction of sp³-hybridized carbons (Fsp3) is 0.500. The summed E-state index contributed by atoms with van der Waals surface area (Å²) in [5.74, 6) is -1.33. The SMILES string of the molecule is CCC(C(=O)O)C1(Cl)C=CC=CC1. The van der Waals surface area contributed by atoms with Crippen molar-refractivity contribution in [3.05, 3.63) is 24.3 Å². The Bertz CT molecular complexity index is 258. The highest BCUT2D eigenvalue weighted by Gasteiger charge is 2.37. The molecule has 0 heterocycles. The smallest absolute Gasteiger partial charge is 0.308 e. The zero-order valence-corrected chi connectivity index (χ0v) is 8.29. The molecule has 1 aliphatic rings. The number of halogens is 1. The van der Waals surface area contributed by atoms with Gasteiger partial charge in [0.1, 0.15) is 0 Å². The predicted octanol–water partition coefficient (Wildman–Crippen LogP) is 2.59. The molecule has 0 aromatic carbocycles. The van der Waals surface area contributed by atoms with Gasteiger partial charge in [-0.15, -0.1) is 11.6 Å². The first-order chi connectivity index (χ1) is 6.10. The Morgan fingerprint density at radius 1 is 1.69 bits per heavy atom. The van der Waals surface area contributed by atoms with Crippen molar-refractivity contribution in [2.75, 3.05) is 0 Å². The van der Waals surface area contributed by atoms with Gasteiger partial charge in [0.15, 0.2) is 0 Å². The minimum Gasteiger partial charge on any atom is -0.481 e. The fourth-order valence-electron chi connectivity index (χ4n) is 1.59. The number of allylic oxidation sites excluding steroid dienone is 4. The lowest BCUT2D eigenvalue weighted by molar-refractivity contribution is -0.142. The molecular formula is C10H13ClO2.